The summed E-state index contributed by atoms with van der Waals surface area (Å²) in [5, 5.41) is 6.85. The summed E-state index contributed by atoms with van der Waals surface area (Å²) in [6, 6.07) is 1.73. The average Bonchev–Trinajstić information content (AvgIpc) is 2.96. The molecular formula is C13H14N2O4S. The molecule has 0 radical (unpaired) electrons. The number of nitrogens with one attached hydrogen (secondary N) is 1. The highest BCUT2D eigenvalue weighted by Gasteiger charge is 2.18. The quantitative estimate of drug-likeness (QED) is 0.877. The summed E-state index contributed by atoms with van der Waals surface area (Å²) in [6.45, 7) is 5.52. The fourth-order valence-corrected chi connectivity index (χ4v) is 2.60. The van der Waals surface area contributed by atoms with Crippen molar-refractivity contribution in [3.63, 3.8) is 0 Å². The number of rotatable bonds is 4. The number of anilines is 1. The molecule has 0 unspecified atom stereocenters. The molecule has 6 nitrogen and oxygen atoms in total. The van der Waals surface area contributed by atoms with Gasteiger partial charge in [-0.05, 0) is 32.4 Å². The number of ether oxygens (including phenoxy) is 1. The van der Waals surface area contributed by atoms with Crippen molar-refractivity contribution < 1.29 is 18.8 Å². The Morgan fingerprint density at radius 1 is 1.45 bits per heavy atom. The number of carbonyl (C=O) groups is 2. The highest BCUT2D eigenvalue weighted by Crippen LogP contribution is 2.28. The fraction of sp³-hybridized carbons (Fsp3) is 0.308. The molecule has 2 heterocycles. The van der Waals surface area contributed by atoms with E-state index in [4.69, 9.17) is 9.26 Å². The van der Waals surface area contributed by atoms with Crippen molar-refractivity contribution >= 4 is 28.2 Å². The molecule has 0 fully saturated rings. The van der Waals surface area contributed by atoms with Gasteiger partial charge < -0.3 is 14.6 Å². The highest BCUT2D eigenvalue weighted by atomic mass is 32.1. The molecule has 2 aromatic rings. The summed E-state index contributed by atoms with van der Waals surface area (Å²) in [5.41, 5.74) is 1.14. The first-order valence-electron chi connectivity index (χ1n) is 6.03. The summed E-state index contributed by atoms with van der Waals surface area (Å²) >= 11 is 1.18. The molecule has 106 valence electrons. The summed E-state index contributed by atoms with van der Waals surface area (Å²) in [5.74, 6) is -0.251. The number of carbonyl (C=O) groups excluding carboxylic acids is 2. The second-order valence-electron chi connectivity index (χ2n) is 4.09. The van der Waals surface area contributed by atoms with Gasteiger partial charge in [-0.2, -0.15) is 0 Å². The SMILES string of the molecule is CCOC(=O)c1sc(NC(=O)c2cnoc2C)cc1C. The van der Waals surface area contributed by atoms with Gasteiger partial charge in [-0.1, -0.05) is 5.16 Å². The number of aromatic nitrogens is 1. The van der Waals surface area contributed by atoms with Crippen LogP contribution in [0.25, 0.3) is 0 Å². The summed E-state index contributed by atoms with van der Waals surface area (Å²) < 4.78 is 9.79. The number of hydrogen-bond acceptors (Lipinski definition) is 6. The summed E-state index contributed by atoms with van der Waals surface area (Å²) in [7, 11) is 0. The Hall–Kier alpha value is -2.15. The van der Waals surface area contributed by atoms with Crippen LogP contribution in [0.1, 0.15) is 38.3 Å². The highest BCUT2D eigenvalue weighted by molar-refractivity contribution is 7.18. The fourth-order valence-electron chi connectivity index (χ4n) is 1.64. The Morgan fingerprint density at radius 3 is 2.80 bits per heavy atom. The minimum atomic E-state index is -0.378. The number of aryl methyl sites for hydroxylation is 2. The smallest absolute Gasteiger partial charge is 0.348 e. The van der Waals surface area contributed by atoms with E-state index in [2.05, 4.69) is 10.5 Å². The van der Waals surface area contributed by atoms with Crippen molar-refractivity contribution in [2.75, 3.05) is 11.9 Å². The van der Waals surface area contributed by atoms with Crippen molar-refractivity contribution in [1.82, 2.24) is 5.16 Å². The molecule has 20 heavy (non-hydrogen) atoms. The van der Waals surface area contributed by atoms with Crippen molar-refractivity contribution in [3.05, 3.63) is 34.0 Å². The zero-order valence-corrected chi connectivity index (χ0v) is 12.2. The maximum absolute atomic E-state index is 12.0. The number of thiophene rings is 1. The van der Waals surface area contributed by atoms with E-state index in [0.717, 1.165) is 5.56 Å². The van der Waals surface area contributed by atoms with E-state index >= 15 is 0 Å². The molecule has 2 aromatic heterocycles. The van der Waals surface area contributed by atoms with Crippen LogP contribution < -0.4 is 5.32 Å². The van der Waals surface area contributed by atoms with E-state index in [1.165, 1.54) is 17.5 Å². The predicted octanol–water partition coefficient (Wildman–Crippen LogP) is 2.78. The Kier molecular flexibility index (Phi) is 4.19. The third-order valence-corrected chi connectivity index (χ3v) is 3.74. The van der Waals surface area contributed by atoms with Gasteiger partial charge in [0, 0.05) is 0 Å². The minimum Gasteiger partial charge on any atom is -0.462 e. The van der Waals surface area contributed by atoms with E-state index in [-0.39, 0.29) is 11.9 Å². The van der Waals surface area contributed by atoms with E-state index in [1.54, 1.807) is 26.8 Å². The molecule has 0 saturated carbocycles. The lowest BCUT2D eigenvalue weighted by molar-refractivity contribution is 0.0531. The molecule has 0 aliphatic heterocycles. The van der Waals surface area contributed by atoms with Gasteiger partial charge in [-0.3, -0.25) is 4.79 Å². The lowest BCUT2D eigenvalue weighted by atomic mass is 10.2. The molecule has 0 aromatic carbocycles. The monoisotopic (exact) mass is 294 g/mol. The van der Waals surface area contributed by atoms with Crippen molar-refractivity contribution in [3.8, 4) is 0 Å². The van der Waals surface area contributed by atoms with Crippen LogP contribution in [0.5, 0.6) is 0 Å². The number of amides is 1. The first-order valence-corrected chi connectivity index (χ1v) is 6.84. The number of hydrogen-bond donors (Lipinski definition) is 1. The van der Waals surface area contributed by atoms with Crippen molar-refractivity contribution in [2.24, 2.45) is 0 Å². The number of nitrogens with zero attached hydrogens (tertiary/aromatic N) is 1. The normalized spacial score (nSPS) is 10.3. The van der Waals surface area contributed by atoms with E-state index in [1.807, 2.05) is 0 Å². The first kappa shape index (κ1) is 14.3. The van der Waals surface area contributed by atoms with Gasteiger partial charge in [-0.25, -0.2) is 4.79 Å². The third-order valence-electron chi connectivity index (χ3n) is 2.61. The van der Waals surface area contributed by atoms with Crippen LogP contribution >= 0.6 is 11.3 Å². The zero-order valence-electron chi connectivity index (χ0n) is 11.4. The summed E-state index contributed by atoms with van der Waals surface area (Å²) in [4.78, 5) is 24.2. The Labute approximate surface area is 119 Å². The van der Waals surface area contributed by atoms with Crippen LogP contribution in [-0.2, 0) is 4.74 Å². The topological polar surface area (TPSA) is 81.4 Å². The Bertz CT molecular complexity index is 645. The molecule has 0 saturated heterocycles. The van der Waals surface area contributed by atoms with Gasteiger partial charge in [0.2, 0.25) is 0 Å². The second kappa shape index (κ2) is 5.87. The standard InChI is InChI=1S/C13H14N2O4S/c1-4-18-13(17)11-7(2)5-10(20-11)15-12(16)9-6-14-19-8(9)3/h5-6H,4H2,1-3H3,(H,15,16). The number of esters is 1. The maximum atomic E-state index is 12.0. The molecule has 0 aliphatic rings. The van der Waals surface area contributed by atoms with E-state index < -0.39 is 0 Å². The van der Waals surface area contributed by atoms with E-state index in [0.29, 0.717) is 27.8 Å². The lowest BCUT2D eigenvalue weighted by Gasteiger charge is -2.00. The average molecular weight is 294 g/mol. The second-order valence-corrected chi connectivity index (χ2v) is 5.15. The Morgan fingerprint density at radius 2 is 2.20 bits per heavy atom. The van der Waals surface area contributed by atoms with E-state index in [9.17, 15) is 9.59 Å². The maximum Gasteiger partial charge on any atom is 0.348 e. The first-order chi connectivity index (χ1) is 9.52. The summed E-state index contributed by atoms with van der Waals surface area (Å²) in [6.07, 6.45) is 1.36. The van der Waals surface area contributed by atoms with Crippen LogP contribution in [0.3, 0.4) is 0 Å². The lowest BCUT2D eigenvalue weighted by Crippen LogP contribution is -2.11. The largest absolute Gasteiger partial charge is 0.462 e. The third kappa shape index (κ3) is 2.88. The molecule has 0 aliphatic carbocycles. The van der Waals surface area contributed by atoms with Crippen LogP contribution in [-0.4, -0.2) is 23.6 Å². The van der Waals surface area contributed by atoms with Gasteiger partial charge in [-0.15, -0.1) is 11.3 Å². The molecule has 0 bridgehead atoms. The molecular weight excluding hydrogens is 280 g/mol. The van der Waals surface area contributed by atoms with Crippen LogP contribution in [0, 0.1) is 13.8 Å². The van der Waals surface area contributed by atoms with Crippen molar-refractivity contribution in [1.29, 1.82) is 0 Å². The van der Waals surface area contributed by atoms with Gasteiger partial charge in [0.05, 0.1) is 17.8 Å². The van der Waals surface area contributed by atoms with Crippen LogP contribution in [0.2, 0.25) is 0 Å². The molecule has 7 heteroatoms. The van der Waals surface area contributed by atoms with Crippen molar-refractivity contribution in [2.45, 2.75) is 20.8 Å². The van der Waals surface area contributed by atoms with Gasteiger partial charge in [0.25, 0.3) is 5.91 Å². The molecule has 0 spiro atoms. The van der Waals surface area contributed by atoms with Gasteiger partial charge >= 0.3 is 5.97 Å². The van der Waals surface area contributed by atoms with Gasteiger partial charge in [0.1, 0.15) is 16.2 Å². The minimum absolute atomic E-state index is 0.317. The predicted molar refractivity (Wildman–Crippen MR) is 74.2 cm³/mol. The van der Waals surface area contributed by atoms with Gasteiger partial charge in [0.15, 0.2) is 0 Å². The molecule has 2 rings (SSSR count). The zero-order chi connectivity index (χ0) is 14.7. The van der Waals surface area contributed by atoms with Crippen LogP contribution in [0.4, 0.5) is 5.00 Å². The van der Waals surface area contributed by atoms with Crippen LogP contribution in [0.15, 0.2) is 16.8 Å². The molecule has 1 amide bonds. The molecule has 1 N–H and O–H groups in total. The molecule has 0 atom stereocenters. The Balaban J connectivity index is 2.15.